The van der Waals surface area contributed by atoms with E-state index in [2.05, 4.69) is 58.5 Å². The van der Waals surface area contributed by atoms with Gasteiger partial charge in [0.05, 0.1) is 28.4 Å². The van der Waals surface area contributed by atoms with Crippen LogP contribution in [0.5, 0.6) is 0 Å². The van der Waals surface area contributed by atoms with E-state index in [-0.39, 0.29) is 11.8 Å². The lowest BCUT2D eigenvalue weighted by atomic mass is 9.97. The molecule has 0 spiro atoms. The summed E-state index contributed by atoms with van der Waals surface area (Å²) in [5.41, 5.74) is 5.01. The van der Waals surface area contributed by atoms with Gasteiger partial charge in [0.1, 0.15) is 5.52 Å². The van der Waals surface area contributed by atoms with Crippen LogP contribution >= 0.6 is 0 Å². The minimum absolute atomic E-state index is 0.0258. The smallest absolute Gasteiger partial charge is 0.224 e. The number of piperidine rings is 1. The minimum Gasteiger partial charge on any atom is -0.356 e. The van der Waals surface area contributed by atoms with Crippen LogP contribution in [0.1, 0.15) is 36.7 Å². The van der Waals surface area contributed by atoms with E-state index >= 15 is 0 Å². The third kappa shape index (κ3) is 3.57. The lowest BCUT2D eigenvalue weighted by molar-refractivity contribution is -0.125. The van der Waals surface area contributed by atoms with Gasteiger partial charge in [0, 0.05) is 19.6 Å². The summed E-state index contributed by atoms with van der Waals surface area (Å²) in [6, 6.07) is 8.34. The molecule has 0 radical (unpaired) electrons. The van der Waals surface area contributed by atoms with E-state index in [1.807, 2.05) is 18.5 Å². The van der Waals surface area contributed by atoms with Crippen LogP contribution in [0.2, 0.25) is 0 Å². The van der Waals surface area contributed by atoms with Crippen molar-refractivity contribution in [1.82, 2.24) is 25.3 Å². The van der Waals surface area contributed by atoms with Gasteiger partial charge in [0.25, 0.3) is 0 Å². The van der Waals surface area contributed by atoms with E-state index in [4.69, 9.17) is 5.10 Å². The molecule has 1 N–H and O–H groups in total. The van der Waals surface area contributed by atoms with Crippen molar-refractivity contribution in [3.8, 4) is 5.69 Å². The minimum atomic E-state index is -0.0258. The summed E-state index contributed by atoms with van der Waals surface area (Å²) >= 11 is 0. The SMILES string of the molecule is CCNC(=O)[C@@H]1CCCN(c2nnc(C)c3c(C)n(-c4ccc(C)cc4)nc23)C1. The van der Waals surface area contributed by atoms with Crippen LogP contribution in [-0.2, 0) is 4.79 Å². The molecule has 7 nitrogen and oxygen atoms in total. The molecule has 2 aromatic heterocycles. The number of hydrogen-bond donors (Lipinski definition) is 1. The number of anilines is 1. The number of nitrogens with zero attached hydrogens (tertiary/aromatic N) is 5. The molecule has 4 rings (SSSR count). The molecule has 0 aliphatic carbocycles. The predicted molar refractivity (Wildman–Crippen MR) is 114 cm³/mol. The fourth-order valence-corrected chi connectivity index (χ4v) is 4.16. The predicted octanol–water partition coefficient (Wildman–Crippen LogP) is 3.09. The highest BCUT2D eigenvalue weighted by atomic mass is 16.1. The third-order valence-electron chi connectivity index (χ3n) is 5.71. The molecule has 1 saturated heterocycles. The van der Waals surface area contributed by atoms with E-state index < -0.39 is 0 Å². The summed E-state index contributed by atoms with van der Waals surface area (Å²) in [6.07, 6.45) is 1.86. The summed E-state index contributed by atoms with van der Waals surface area (Å²) in [4.78, 5) is 14.5. The van der Waals surface area contributed by atoms with Crippen LogP contribution in [0.3, 0.4) is 0 Å². The second kappa shape index (κ2) is 7.81. The van der Waals surface area contributed by atoms with E-state index in [9.17, 15) is 4.79 Å². The summed E-state index contributed by atoms with van der Waals surface area (Å²) in [5.74, 6) is 0.866. The van der Waals surface area contributed by atoms with Crippen LogP contribution in [0.15, 0.2) is 24.3 Å². The molecule has 152 valence electrons. The summed E-state index contributed by atoms with van der Waals surface area (Å²) < 4.78 is 1.97. The molecular formula is C22H28N6O. The third-order valence-corrected chi connectivity index (χ3v) is 5.71. The Morgan fingerprint density at radius 2 is 1.93 bits per heavy atom. The molecule has 7 heteroatoms. The first kappa shape index (κ1) is 19.4. The number of carbonyl (C=O) groups excluding carboxylic acids is 1. The van der Waals surface area contributed by atoms with Crippen LogP contribution in [0.25, 0.3) is 16.6 Å². The maximum absolute atomic E-state index is 12.4. The number of nitrogens with one attached hydrogen (secondary N) is 1. The van der Waals surface area contributed by atoms with Crippen molar-refractivity contribution in [2.75, 3.05) is 24.5 Å². The molecule has 3 heterocycles. The van der Waals surface area contributed by atoms with Crippen molar-refractivity contribution in [3.63, 3.8) is 0 Å². The zero-order chi connectivity index (χ0) is 20.5. The second-order valence-electron chi connectivity index (χ2n) is 7.85. The number of fused-ring (bicyclic) bond motifs is 1. The normalized spacial score (nSPS) is 17.0. The van der Waals surface area contributed by atoms with Gasteiger partial charge in [0.15, 0.2) is 5.82 Å². The van der Waals surface area contributed by atoms with E-state index in [1.165, 1.54) is 5.56 Å². The number of hydrogen-bond acceptors (Lipinski definition) is 5. The maximum atomic E-state index is 12.4. The number of rotatable bonds is 4. The number of aryl methyl sites for hydroxylation is 3. The fourth-order valence-electron chi connectivity index (χ4n) is 4.16. The molecule has 0 unspecified atom stereocenters. The number of amides is 1. The molecular weight excluding hydrogens is 364 g/mol. The molecule has 1 aliphatic heterocycles. The first-order chi connectivity index (χ1) is 14.0. The Morgan fingerprint density at radius 1 is 1.17 bits per heavy atom. The average molecular weight is 393 g/mol. The van der Waals surface area contributed by atoms with Crippen molar-refractivity contribution in [1.29, 1.82) is 0 Å². The molecule has 3 aromatic rings. The van der Waals surface area contributed by atoms with E-state index in [1.54, 1.807) is 0 Å². The van der Waals surface area contributed by atoms with Gasteiger partial charge >= 0.3 is 0 Å². The number of benzene rings is 1. The molecule has 1 atom stereocenters. The lowest BCUT2D eigenvalue weighted by Crippen LogP contribution is -2.43. The Balaban J connectivity index is 1.76. The topological polar surface area (TPSA) is 75.9 Å². The highest BCUT2D eigenvalue weighted by Crippen LogP contribution is 2.31. The van der Waals surface area contributed by atoms with Gasteiger partial charge in [-0.05, 0) is 52.7 Å². The zero-order valence-electron chi connectivity index (χ0n) is 17.6. The summed E-state index contributed by atoms with van der Waals surface area (Å²) in [7, 11) is 0. The first-order valence-electron chi connectivity index (χ1n) is 10.3. The molecule has 29 heavy (non-hydrogen) atoms. The molecule has 1 amide bonds. The Morgan fingerprint density at radius 3 is 2.66 bits per heavy atom. The van der Waals surface area contributed by atoms with Crippen LogP contribution in [0.4, 0.5) is 5.82 Å². The van der Waals surface area contributed by atoms with Gasteiger partial charge in [-0.2, -0.15) is 10.2 Å². The van der Waals surface area contributed by atoms with Gasteiger partial charge in [-0.25, -0.2) is 4.68 Å². The fraction of sp³-hybridized carbons (Fsp3) is 0.455. The quantitative estimate of drug-likeness (QED) is 0.738. The second-order valence-corrected chi connectivity index (χ2v) is 7.85. The highest BCUT2D eigenvalue weighted by Gasteiger charge is 2.29. The van der Waals surface area contributed by atoms with Crippen molar-refractivity contribution in [2.45, 2.75) is 40.5 Å². The summed E-state index contributed by atoms with van der Waals surface area (Å²) in [5, 5.41) is 17.8. The Kier molecular flexibility index (Phi) is 5.22. The standard InChI is InChI=1S/C22H28N6O/c1-5-23-22(29)17-7-6-12-27(13-17)21-20-19(15(3)24-25-21)16(4)28(26-20)18-10-8-14(2)9-11-18/h8-11,17H,5-7,12-13H2,1-4H3,(H,23,29)/t17-/m1/s1. The number of carbonyl (C=O) groups is 1. The van der Waals surface area contributed by atoms with Gasteiger partial charge < -0.3 is 10.2 Å². The number of aromatic nitrogens is 4. The average Bonchev–Trinajstić information content (AvgIpc) is 3.07. The van der Waals surface area contributed by atoms with Crippen molar-refractivity contribution in [2.24, 2.45) is 5.92 Å². The Bertz CT molecular complexity index is 1040. The highest BCUT2D eigenvalue weighted by molar-refractivity contribution is 5.92. The Labute approximate surface area is 171 Å². The van der Waals surface area contributed by atoms with Crippen molar-refractivity contribution >= 4 is 22.6 Å². The van der Waals surface area contributed by atoms with E-state index in [0.717, 1.165) is 53.2 Å². The molecule has 1 fully saturated rings. The molecule has 1 aliphatic rings. The van der Waals surface area contributed by atoms with Crippen LogP contribution in [-0.4, -0.2) is 45.5 Å². The Hall–Kier alpha value is -2.96. The first-order valence-corrected chi connectivity index (χ1v) is 10.3. The van der Waals surface area contributed by atoms with Crippen LogP contribution < -0.4 is 10.2 Å². The molecule has 0 bridgehead atoms. The van der Waals surface area contributed by atoms with Crippen LogP contribution in [0, 0.1) is 26.7 Å². The lowest BCUT2D eigenvalue weighted by Gasteiger charge is -2.32. The van der Waals surface area contributed by atoms with Gasteiger partial charge in [-0.15, -0.1) is 5.10 Å². The summed E-state index contributed by atoms with van der Waals surface area (Å²) in [6.45, 7) is 10.2. The zero-order valence-corrected chi connectivity index (χ0v) is 17.6. The van der Waals surface area contributed by atoms with E-state index in [0.29, 0.717) is 13.1 Å². The van der Waals surface area contributed by atoms with Gasteiger partial charge in [0.2, 0.25) is 5.91 Å². The maximum Gasteiger partial charge on any atom is 0.224 e. The van der Waals surface area contributed by atoms with Gasteiger partial charge in [-0.1, -0.05) is 17.7 Å². The van der Waals surface area contributed by atoms with Crippen molar-refractivity contribution < 1.29 is 4.79 Å². The largest absolute Gasteiger partial charge is 0.356 e. The van der Waals surface area contributed by atoms with Gasteiger partial charge in [-0.3, -0.25) is 4.79 Å². The monoisotopic (exact) mass is 392 g/mol. The molecule has 1 aromatic carbocycles. The van der Waals surface area contributed by atoms with Crippen molar-refractivity contribution in [3.05, 3.63) is 41.2 Å². The molecule has 0 saturated carbocycles.